The zero-order chi connectivity index (χ0) is 19.2. The van der Waals surface area contributed by atoms with Gasteiger partial charge >= 0.3 is 0 Å². The third-order valence-corrected chi connectivity index (χ3v) is 4.52. The van der Waals surface area contributed by atoms with Gasteiger partial charge in [-0.05, 0) is 55.5 Å². The van der Waals surface area contributed by atoms with E-state index in [1.165, 1.54) is 11.8 Å². The number of aryl methyl sites for hydroxylation is 1. The van der Waals surface area contributed by atoms with Crippen molar-refractivity contribution >= 4 is 27.9 Å². The van der Waals surface area contributed by atoms with E-state index in [-0.39, 0.29) is 6.04 Å². The normalized spacial score (nSPS) is 13.2. The Hall–Kier alpha value is -3.27. The average Bonchev–Trinajstić information content (AvgIpc) is 3.10. The summed E-state index contributed by atoms with van der Waals surface area (Å²) >= 11 is 0. The van der Waals surface area contributed by atoms with Gasteiger partial charge in [0.15, 0.2) is 0 Å². The Morgan fingerprint density at radius 1 is 1.26 bits per heavy atom. The van der Waals surface area contributed by atoms with Gasteiger partial charge in [0, 0.05) is 34.9 Å². The lowest BCUT2D eigenvalue weighted by molar-refractivity contribution is 1.09. The number of hydrogen-bond donors (Lipinski definition) is 3. The van der Waals surface area contributed by atoms with Crippen LogP contribution in [0.4, 0.5) is 5.69 Å². The van der Waals surface area contributed by atoms with E-state index in [1.807, 2.05) is 37.4 Å². The molecule has 0 aliphatic rings. The number of H-pyrrole nitrogens is 1. The van der Waals surface area contributed by atoms with E-state index in [0.29, 0.717) is 6.54 Å². The summed E-state index contributed by atoms with van der Waals surface area (Å²) in [6.07, 6.45) is 5.38. The number of anilines is 1. The minimum Gasteiger partial charge on any atom is -0.405 e. The van der Waals surface area contributed by atoms with Crippen LogP contribution < -0.4 is 11.1 Å². The summed E-state index contributed by atoms with van der Waals surface area (Å²) in [5.41, 5.74) is 11.9. The van der Waals surface area contributed by atoms with E-state index in [4.69, 9.17) is 5.73 Å². The van der Waals surface area contributed by atoms with Gasteiger partial charge in [0.2, 0.25) is 0 Å². The first-order chi connectivity index (χ1) is 13.1. The van der Waals surface area contributed by atoms with E-state index >= 15 is 0 Å². The molecule has 0 aliphatic carbocycles. The van der Waals surface area contributed by atoms with Crippen LogP contribution in [0.15, 0.2) is 78.6 Å². The van der Waals surface area contributed by atoms with Crippen LogP contribution in [0.2, 0.25) is 0 Å². The molecule has 0 bridgehead atoms. The predicted molar refractivity (Wildman–Crippen MR) is 117 cm³/mol. The molecule has 1 atom stereocenters. The Labute approximate surface area is 160 Å². The molecule has 3 rings (SSSR count). The van der Waals surface area contributed by atoms with Gasteiger partial charge in [-0.25, -0.2) is 0 Å². The van der Waals surface area contributed by atoms with Crippen LogP contribution in [0.5, 0.6) is 0 Å². The highest BCUT2D eigenvalue weighted by Gasteiger charge is 2.21. The predicted octanol–water partition coefficient (Wildman–Crippen LogP) is 4.90. The van der Waals surface area contributed by atoms with Gasteiger partial charge in [-0.15, -0.1) is 0 Å². The topological polar surface area (TPSA) is 66.2 Å². The van der Waals surface area contributed by atoms with Crippen LogP contribution in [0.25, 0.3) is 16.5 Å². The molecule has 0 amide bonds. The highest BCUT2D eigenvalue weighted by atomic mass is 15.0. The summed E-state index contributed by atoms with van der Waals surface area (Å²) in [6, 6.07) is 16.3. The lowest BCUT2D eigenvalue weighted by Crippen LogP contribution is -2.30. The number of benzene rings is 2. The van der Waals surface area contributed by atoms with E-state index in [1.54, 1.807) is 0 Å². The molecule has 0 aliphatic heterocycles. The maximum atomic E-state index is 5.70. The summed E-state index contributed by atoms with van der Waals surface area (Å²) in [5.74, 6) is 0. The van der Waals surface area contributed by atoms with Crippen molar-refractivity contribution in [2.75, 3.05) is 11.9 Å². The zero-order valence-corrected chi connectivity index (χ0v) is 15.9. The molecular weight excluding hydrogens is 332 g/mol. The molecule has 1 aromatic heterocycles. The molecule has 1 unspecified atom stereocenters. The van der Waals surface area contributed by atoms with E-state index in [0.717, 1.165) is 33.4 Å². The largest absolute Gasteiger partial charge is 0.405 e. The summed E-state index contributed by atoms with van der Waals surface area (Å²) in [7, 11) is 0. The lowest BCUT2D eigenvalue weighted by Gasteiger charge is -2.23. The Morgan fingerprint density at radius 3 is 2.81 bits per heavy atom. The molecule has 27 heavy (non-hydrogen) atoms. The number of fused-ring (bicyclic) bond motifs is 1. The molecule has 0 spiro atoms. The summed E-state index contributed by atoms with van der Waals surface area (Å²) in [6.45, 7) is 9.18. The van der Waals surface area contributed by atoms with E-state index in [2.05, 4.69) is 59.1 Å². The maximum absolute atomic E-state index is 5.70. The fourth-order valence-electron chi connectivity index (χ4n) is 3.26. The minimum atomic E-state index is -0.189. The van der Waals surface area contributed by atoms with Crippen LogP contribution in [0.1, 0.15) is 18.1 Å². The second kappa shape index (κ2) is 8.41. The van der Waals surface area contributed by atoms with Crippen LogP contribution >= 0.6 is 0 Å². The van der Waals surface area contributed by atoms with Crippen molar-refractivity contribution in [3.05, 3.63) is 84.7 Å². The van der Waals surface area contributed by atoms with Gasteiger partial charge in [0.05, 0.1) is 11.8 Å². The van der Waals surface area contributed by atoms with Gasteiger partial charge in [0.1, 0.15) is 0 Å². The van der Waals surface area contributed by atoms with Crippen molar-refractivity contribution in [1.29, 1.82) is 0 Å². The number of para-hydroxylation sites is 1. The lowest BCUT2D eigenvalue weighted by atomic mass is 9.95. The fourth-order valence-corrected chi connectivity index (χ4v) is 3.26. The molecule has 2 aromatic carbocycles. The van der Waals surface area contributed by atoms with Crippen LogP contribution in [0.3, 0.4) is 0 Å². The number of nitrogens with one attached hydrogen (secondary N) is 2. The first-order valence-corrected chi connectivity index (χ1v) is 9.15. The summed E-state index contributed by atoms with van der Waals surface area (Å²) in [5, 5.41) is 4.74. The summed E-state index contributed by atoms with van der Waals surface area (Å²) in [4.78, 5) is 7.99. The number of nitrogens with two attached hydrogens (primary N) is 1. The van der Waals surface area contributed by atoms with Gasteiger partial charge in [-0.3, -0.25) is 4.99 Å². The average molecular weight is 358 g/mol. The second-order valence-electron chi connectivity index (χ2n) is 6.48. The molecule has 138 valence electrons. The Morgan fingerprint density at radius 2 is 2.07 bits per heavy atom. The number of hydrogen-bond acceptors (Lipinski definition) is 3. The third kappa shape index (κ3) is 4.11. The summed E-state index contributed by atoms with van der Waals surface area (Å²) < 4.78 is 0. The molecule has 0 saturated heterocycles. The van der Waals surface area contributed by atoms with Crippen LogP contribution in [-0.4, -0.2) is 23.3 Å². The van der Waals surface area contributed by atoms with Crippen LogP contribution in [0, 0.1) is 6.92 Å². The van der Waals surface area contributed by atoms with Crippen molar-refractivity contribution in [1.82, 2.24) is 4.98 Å². The Bertz CT molecular complexity index is 994. The molecule has 0 saturated carbocycles. The van der Waals surface area contributed by atoms with Gasteiger partial charge in [-0.1, -0.05) is 36.9 Å². The molecular formula is C23H26N4. The molecule has 4 nitrogen and oxygen atoms in total. The molecule has 4 N–H and O–H groups in total. The van der Waals surface area contributed by atoms with Crippen molar-refractivity contribution in [3.63, 3.8) is 0 Å². The highest BCUT2D eigenvalue weighted by molar-refractivity contribution is 6.11. The number of rotatable bonds is 7. The SMILES string of the molecule is C=C(c1c[nH]c2ccccc12)C(Nc1cccc(C)c1)C(C=CN)=NCC. The van der Waals surface area contributed by atoms with Crippen molar-refractivity contribution in [2.24, 2.45) is 10.7 Å². The number of aromatic nitrogens is 1. The Kier molecular flexibility index (Phi) is 5.77. The van der Waals surface area contributed by atoms with Crippen molar-refractivity contribution < 1.29 is 0 Å². The fraction of sp³-hybridized carbons (Fsp3) is 0.174. The van der Waals surface area contributed by atoms with E-state index in [9.17, 15) is 0 Å². The zero-order valence-electron chi connectivity index (χ0n) is 15.9. The van der Waals surface area contributed by atoms with Crippen molar-refractivity contribution in [2.45, 2.75) is 19.9 Å². The standard InChI is InChI=1S/C23H26N4/c1-4-25-22(12-13-24)23(27-18-9-7-8-16(2)14-18)17(3)20-15-26-21-11-6-5-10-19(20)21/h5-15,23,26-27H,3-4,24H2,1-2H3. The minimum absolute atomic E-state index is 0.189. The first kappa shape index (κ1) is 18.5. The monoisotopic (exact) mass is 358 g/mol. The smallest absolute Gasteiger partial charge is 0.0936 e. The highest BCUT2D eigenvalue weighted by Crippen LogP contribution is 2.28. The third-order valence-electron chi connectivity index (χ3n) is 4.52. The quantitative estimate of drug-likeness (QED) is 0.526. The van der Waals surface area contributed by atoms with Crippen molar-refractivity contribution in [3.8, 4) is 0 Å². The molecule has 4 heteroatoms. The number of aliphatic imine (C=N–C) groups is 1. The molecule has 3 aromatic rings. The van der Waals surface area contributed by atoms with E-state index < -0.39 is 0 Å². The number of nitrogens with zero attached hydrogens (tertiary/aromatic N) is 1. The second-order valence-corrected chi connectivity index (χ2v) is 6.48. The number of aromatic amines is 1. The van der Waals surface area contributed by atoms with Gasteiger partial charge in [0.25, 0.3) is 0 Å². The first-order valence-electron chi connectivity index (χ1n) is 9.15. The molecule has 0 radical (unpaired) electrons. The van der Waals surface area contributed by atoms with Crippen LogP contribution in [-0.2, 0) is 0 Å². The Balaban J connectivity index is 2.05. The maximum Gasteiger partial charge on any atom is 0.0936 e. The molecule has 0 fully saturated rings. The molecule has 1 heterocycles. The van der Waals surface area contributed by atoms with Gasteiger partial charge < -0.3 is 16.0 Å². The van der Waals surface area contributed by atoms with Gasteiger partial charge in [-0.2, -0.15) is 0 Å².